The number of ketones is 1. The number of rotatable bonds is 9. The molecule has 0 aliphatic rings. The average molecular weight is 295 g/mol. The first-order chi connectivity index (χ1) is 8.56. The van der Waals surface area contributed by atoms with Crippen molar-refractivity contribution in [3.63, 3.8) is 0 Å². The molecule has 0 aliphatic heterocycles. The molecule has 0 aromatic rings. The van der Waals surface area contributed by atoms with Gasteiger partial charge in [0.05, 0.1) is 13.0 Å². The van der Waals surface area contributed by atoms with Crippen molar-refractivity contribution in [1.29, 1.82) is 0 Å². The number of hydrogen-bond donors (Lipinski definition) is 3. The Balaban J connectivity index is 3.88. The van der Waals surface area contributed by atoms with Gasteiger partial charge in [-0.05, 0) is 0 Å². The summed E-state index contributed by atoms with van der Waals surface area (Å²) in [5.74, 6) is -2.08. The minimum Gasteiger partial charge on any atom is -0.462 e. The second-order valence-electron chi connectivity index (χ2n) is 3.27. The predicted octanol–water partition coefficient (Wildman–Crippen LogP) is -0.533. The van der Waals surface area contributed by atoms with E-state index in [1.54, 1.807) is 0 Å². The van der Waals surface area contributed by atoms with Gasteiger partial charge in [0.1, 0.15) is 19.1 Å². The van der Waals surface area contributed by atoms with Crippen LogP contribution in [-0.2, 0) is 23.9 Å². The van der Waals surface area contributed by atoms with E-state index >= 15 is 0 Å². The Bertz CT molecular complexity index is 298. The van der Waals surface area contributed by atoms with E-state index in [-0.39, 0.29) is 31.9 Å². The van der Waals surface area contributed by atoms with E-state index in [9.17, 15) is 14.4 Å². The highest BCUT2D eigenvalue weighted by Crippen LogP contribution is 2.04. The van der Waals surface area contributed by atoms with Crippen molar-refractivity contribution in [2.45, 2.75) is 6.42 Å². The molecule has 1 unspecified atom stereocenters. The summed E-state index contributed by atoms with van der Waals surface area (Å²) in [5.41, 5.74) is 5.15. The standard InChI is InChI=1S/C10H17NO5S2/c11-5-8(12)7(6-18)10(14)16-3-2-15-9(13)1-4-17/h7,17-18H,1-6,11H2. The zero-order valence-electron chi connectivity index (χ0n) is 9.83. The Kier molecular flexibility index (Phi) is 9.80. The summed E-state index contributed by atoms with van der Waals surface area (Å²) in [5, 5.41) is 0. The third-order valence-corrected chi connectivity index (χ3v) is 2.55. The van der Waals surface area contributed by atoms with Crippen molar-refractivity contribution < 1.29 is 23.9 Å². The Morgan fingerprint density at radius 3 is 2.22 bits per heavy atom. The SMILES string of the molecule is NCC(=O)C(CS)C(=O)OCCOC(=O)CCS. The number of ether oxygens (including phenoxy) is 2. The summed E-state index contributed by atoms with van der Waals surface area (Å²) in [6, 6.07) is 0. The molecule has 0 fully saturated rings. The van der Waals surface area contributed by atoms with Crippen LogP contribution in [0.1, 0.15) is 6.42 Å². The van der Waals surface area contributed by atoms with E-state index in [0.29, 0.717) is 5.75 Å². The molecular formula is C10H17NO5S2. The van der Waals surface area contributed by atoms with Crippen LogP contribution in [0.2, 0.25) is 0 Å². The minimum atomic E-state index is -0.966. The number of hydrogen-bond acceptors (Lipinski definition) is 8. The molecule has 2 N–H and O–H groups in total. The van der Waals surface area contributed by atoms with Crippen LogP contribution < -0.4 is 5.73 Å². The van der Waals surface area contributed by atoms with Crippen molar-refractivity contribution in [1.82, 2.24) is 0 Å². The summed E-state index contributed by atoms with van der Waals surface area (Å²) in [4.78, 5) is 33.6. The van der Waals surface area contributed by atoms with Gasteiger partial charge in [-0.15, -0.1) is 0 Å². The lowest BCUT2D eigenvalue weighted by Crippen LogP contribution is -2.33. The summed E-state index contributed by atoms with van der Waals surface area (Å²) in [6.45, 7) is -0.384. The van der Waals surface area contributed by atoms with Gasteiger partial charge < -0.3 is 15.2 Å². The summed E-state index contributed by atoms with van der Waals surface area (Å²) in [6.07, 6.45) is 0.196. The van der Waals surface area contributed by atoms with E-state index in [1.807, 2.05) is 0 Å². The van der Waals surface area contributed by atoms with E-state index in [2.05, 4.69) is 25.3 Å². The molecule has 0 aromatic carbocycles. The van der Waals surface area contributed by atoms with Gasteiger partial charge in [0, 0.05) is 11.5 Å². The van der Waals surface area contributed by atoms with Gasteiger partial charge in [0.15, 0.2) is 5.78 Å². The first-order valence-corrected chi connectivity index (χ1v) is 6.60. The van der Waals surface area contributed by atoms with Crippen LogP contribution in [0, 0.1) is 5.92 Å². The van der Waals surface area contributed by atoms with Crippen molar-refractivity contribution in [3.05, 3.63) is 0 Å². The van der Waals surface area contributed by atoms with Crippen LogP contribution in [-0.4, -0.2) is 49.0 Å². The molecule has 1 atom stereocenters. The lowest BCUT2D eigenvalue weighted by Gasteiger charge is -2.11. The smallest absolute Gasteiger partial charge is 0.317 e. The largest absolute Gasteiger partial charge is 0.462 e. The third-order valence-electron chi connectivity index (χ3n) is 1.96. The fraction of sp³-hybridized carbons (Fsp3) is 0.700. The Morgan fingerprint density at radius 1 is 1.11 bits per heavy atom. The highest BCUT2D eigenvalue weighted by molar-refractivity contribution is 7.80. The van der Waals surface area contributed by atoms with Crippen LogP contribution in [0.5, 0.6) is 0 Å². The topological polar surface area (TPSA) is 95.7 Å². The third kappa shape index (κ3) is 6.87. The van der Waals surface area contributed by atoms with Crippen molar-refractivity contribution in [3.8, 4) is 0 Å². The molecule has 0 radical (unpaired) electrons. The summed E-state index contributed by atoms with van der Waals surface area (Å²) < 4.78 is 9.53. The molecule has 0 amide bonds. The maximum atomic E-state index is 11.4. The van der Waals surface area contributed by atoms with Crippen LogP contribution in [0.15, 0.2) is 0 Å². The first kappa shape index (κ1) is 17.3. The van der Waals surface area contributed by atoms with Gasteiger partial charge in [0.25, 0.3) is 0 Å². The molecule has 0 saturated heterocycles. The molecule has 18 heavy (non-hydrogen) atoms. The van der Waals surface area contributed by atoms with Gasteiger partial charge in [-0.1, -0.05) is 0 Å². The zero-order chi connectivity index (χ0) is 14.0. The Labute approximate surface area is 116 Å². The predicted molar refractivity (Wildman–Crippen MR) is 71.8 cm³/mol. The molecule has 104 valence electrons. The van der Waals surface area contributed by atoms with Gasteiger partial charge >= 0.3 is 11.9 Å². The number of carbonyl (C=O) groups excluding carboxylic acids is 3. The zero-order valence-corrected chi connectivity index (χ0v) is 11.6. The number of esters is 2. The van der Waals surface area contributed by atoms with Gasteiger partial charge in [-0.2, -0.15) is 25.3 Å². The maximum Gasteiger partial charge on any atom is 0.317 e. The highest BCUT2D eigenvalue weighted by atomic mass is 32.1. The van der Waals surface area contributed by atoms with Crippen LogP contribution in [0.3, 0.4) is 0 Å². The Morgan fingerprint density at radius 2 is 1.72 bits per heavy atom. The first-order valence-electron chi connectivity index (χ1n) is 5.33. The van der Waals surface area contributed by atoms with Gasteiger partial charge in [0.2, 0.25) is 0 Å². The molecule has 0 spiro atoms. The quantitative estimate of drug-likeness (QED) is 0.229. The lowest BCUT2D eigenvalue weighted by atomic mass is 10.1. The number of Topliss-reactive ketones (excluding diaryl/α,β-unsaturated/α-hetero) is 1. The lowest BCUT2D eigenvalue weighted by molar-refractivity contribution is -0.156. The normalized spacial score (nSPS) is 11.7. The molecule has 6 nitrogen and oxygen atoms in total. The molecule has 0 saturated carbocycles. The molecule has 0 rings (SSSR count). The summed E-state index contributed by atoms with van der Waals surface area (Å²) in [7, 11) is 0. The highest BCUT2D eigenvalue weighted by Gasteiger charge is 2.25. The van der Waals surface area contributed by atoms with Gasteiger partial charge in [-0.25, -0.2) is 0 Å². The van der Waals surface area contributed by atoms with Crippen LogP contribution >= 0.6 is 25.3 Å². The van der Waals surface area contributed by atoms with Crippen molar-refractivity contribution in [2.75, 3.05) is 31.3 Å². The van der Waals surface area contributed by atoms with Gasteiger partial charge in [-0.3, -0.25) is 14.4 Å². The van der Waals surface area contributed by atoms with Crippen LogP contribution in [0.25, 0.3) is 0 Å². The molecule has 0 bridgehead atoms. The minimum absolute atomic E-state index is 0.0360. The average Bonchev–Trinajstić information content (AvgIpc) is 2.35. The number of thiol groups is 2. The van der Waals surface area contributed by atoms with E-state index in [0.717, 1.165) is 0 Å². The Hall–Kier alpha value is -0.730. The monoisotopic (exact) mass is 295 g/mol. The molecule has 0 heterocycles. The summed E-state index contributed by atoms with van der Waals surface area (Å²) >= 11 is 7.75. The fourth-order valence-electron chi connectivity index (χ4n) is 1.01. The number of carbonyl (C=O) groups is 3. The molecular weight excluding hydrogens is 278 g/mol. The maximum absolute atomic E-state index is 11.4. The van der Waals surface area contributed by atoms with Crippen molar-refractivity contribution in [2.24, 2.45) is 11.7 Å². The van der Waals surface area contributed by atoms with E-state index in [4.69, 9.17) is 15.2 Å². The van der Waals surface area contributed by atoms with E-state index in [1.165, 1.54) is 0 Å². The van der Waals surface area contributed by atoms with E-state index < -0.39 is 23.6 Å². The second-order valence-corrected chi connectivity index (χ2v) is 4.08. The second kappa shape index (κ2) is 10.2. The molecule has 8 heteroatoms. The molecule has 0 aromatic heterocycles. The van der Waals surface area contributed by atoms with Crippen LogP contribution in [0.4, 0.5) is 0 Å². The molecule has 0 aliphatic carbocycles. The fourth-order valence-corrected chi connectivity index (χ4v) is 1.55. The van der Waals surface area contributed by atoms with Crippen molar-refractivity contribution >= 4 is 43.0 Å². The number of nitrogens with two attached hydrogens (primary N) is 1.